The maximum absolute atomic E-state index is 12.6. The standard InChI is InChI=1S/C27H25NO4/c1-16(2)24-25(27(30)32-26(24)29)17(3)22-15-23(19-9-7-6-8-10-19)28(18(22)4)20-11-13-21(31-5)14-12-20/h6-15H,1-5H3/b25-17-. The molecule has 1 aliphatic rings. The number of methoxy groups -OCH3 is 1. The number of aromatic nitrogens is 1. The molecule has 1 aliphatic heterocycles. The summed E-state index contributed by atoms with van der Waals surface area (Å²) in [6.07, 6.45) is 0. The quantitative estimate of drug-likeness (QED) is 0.306. The smallest absolute Gasteiger partial charge is 0.347 e. The normalized spacial score (nSPS) is 15.1. The van der Waals surface area contributed by atoms with E-state index in [0.29, 0.717) is 11.1 Å². The minimum Gasteiger partial charge on any atom is -0.497 e. The molecule has 162 valence electrons. The molecule has 1 fully saturated rings. The van der Waals surface area contributed by atoms with Gasteiger partial charge in [0.1, 0.15) is 5.75 Å². The lowest BCUT2D eigenvalue weighted by Crippen LogP contribution is -2.02. The van der Waals surface area contributed by atoms with E-state index in [4.69, 9.17) is 9.47 Å². The molecule has 0 amide bonds. The summed E-state index contributed by atoms with van der Waals surface area (Å²) in [7, 11) is 1.64. The summed E-state index contributed by atoms with van der Waals surface area (Å²) >= 11 is 0. The highest BCUT2D eigenvalue weighted by atomic mass is 16.6. The molecule has 5 nitrogen and oxygen atoms in total. The largest absolute Gasteiger partial charge is 0.497 e. The van der Waals surface area contributed by atoms with Gasteiger partial charge in [-0.1, -0.05) is 35.9 Å². The maximum Gasteiger partial charge on any atom is 0.347 e. The molecular formula is C27H25NO4. The second-order valence-corrected chi connectivity index (χ2v) is 7.98. The summed E-state index contributed by atoms with van der Waals surface area (Å²) < 4.78 is 12.4. The highest BCUT2D eigenvalue weighted by Crippen LogP contribution is 2.38. The third-order valence-electron chi connectivity index (χ3n) is 5.77. The van der Waals surface area contributed by atoms with Crippen molar-refractivity contribution >= 4 is 17.5 Å². The van der Waals surface area contributed by atoms with Crippen LogP contribution in [-0.2, 0) is 14.3 Å². The number of esters is 2. The van der Waals surface area contributed by atoms with Gasteiger partial charge in [0.25, 0.3) is 0 Å². The van der Waals surface area contributed by atoms with Gasteiger partial charge in [-0.3, -0.25) is 0 Å². The Morgan fingerprint density at radius 1 is 0.875 bits per heavy atom. The van der Waals surface area contributed by atoms with E-state index >= 15 is 0 Å². The van der Waals surface area contributed by atoms with Crippen molar-refractivity contribution in [1.29, 1.82) is 0 Å². The lowest BCUT2D eigenvalue weighted by atomic mass is 9.94. The van der Waals surface area contributed by atoms with E-state index < -0.39 is 11.9 Å². The van der Waals surface area contributed by atoms with E-state index in [1.165, 1.54) is 0 Å². The molecule has 1 aromatic heterocycles. The molecular weight excluding hydrogens is 402 g/mol. The monoisotopic (exact) mass is 427 g/mol. The van der Waals surface area contributed by atoms with Crippen LogP contribution in [0.3, 0.4) is 0 Å². The minimum absolute atomic E-state index is 0.338. The molecule has 5 heteroatoms. The number of rotatable bonds is 4. The Kier molecular flexibility index (Phi) is 5.57. The van der Waals surface area contributed by atoms with Gasteiger partial charge in [-0.25, -0.2) is 9.59 Å². The summed E-state index contributed by atoms with van der Waals surface area (Å²) in [4.78, 5) is 24.9. The van der Waals surface area contributed by atoms with Gasteiger partial charge in [0.05, 0.1) is 23.9 Å². The first-order valence-electron chi connectivity index (χ1n) is 10.4. The number of benzene rings is 2. The van der Waals surface area contributed by atoms with Crippen LogP contribution in [0.1, 0.15) is 32.0 Å². The van der Waals surface area contributed by atoms with Gasteiger partial charge < -0.3 is 14.0 Å². The topological polar surface area (TPSA) is 57.5 Å². The van der Waals surface area contributed by atoms with Gasteiger partial charge in [0, 0.05) is 11.4 Å². The predicted molar refractivity (Wildman–Crippen MR) is 125 cm³/mol. The number of carbonyl (C=O) groups excluding carboxylic acids is 2. The van der Waals surface area contributed by atoms with Crippen LogP contribution in [0.2, 0.25) is 0 Å². The molecule has 3 aromatic rings. The number of nitrogens with zero attached hydrogens (tertiary/aromatic N) is 1. The molecule has 2 aromatic carbocycles. The van der Waals surface area contributed by atoms with Gasteiger partial charge in [-0.15, -0.1) is 0 Å². The molecule has 0 N–H and O–H groups in total. The van der Waals surface area contributed by atoms with Crippen molar-refractivity contribution in [3.63, 3.8) is 0 Å². The first-order valence-corrected chi connectivity index (χ1v) is 10.4. The van der Waals surface area contributed by atoms with E-state index in [2.05, 4.69) is 22.8 Å². The highest BCUT2D eigenvalue weighted by Gasteiger charge is 2.36. The van der Waals surface area contributed by atoms with Crippen molar-refractivity contribution < 1.29 is 19.1 Å². The first-order chi connectivity index (χ1) is 15.3. The van der Waals surface area contributed by atoms with Gasteiger partial charge >= 0.3 is 11.9 Å². The Bertz CT molecular complexity index is 1270. The molecule has 2 heterocycles. The van der Waals surface area contributed by atoms with Crippen LogP contribution >= 0.6 is 0 Å². The van der Waals surface area contributed by atoms with Gasteiger partial charge in [-0.2, -0.15) is 0 Å². The van der Waals surface area contributed by atoms with Crippen molar-refractivity contribution in [2.45, 2.75) is 27.7 Å². The van der Waals surface area contributed by atoms with Crippen LogP contribution in [0, 0.1) is 6.92 Å². The zero-order chi connectivity index (χ0) is 23.0. The summed E-state index contributed by atoms with van der Waals surface area (Å²) in [5.74, 6) is -0.403. The zero-order valence-corrected chi connectivity index (χ0v) is 18.9. The second kappa shape index (κ2) is 8.35. The van der Waals surface area contributed by atoms with E-state index in [9.17, 15) is 9.59 Å². The molecule has 0 spiro atoms. The Morgan fingerprint density at radius 2 is 1.50 bits per heavy atom. The Labute approximate surface area is 187 Å². The lowest BCUT2D eigenvalue weighted by Gasteiger charge is -2.13. The van der Waals surface area contributed by atoms with E-state index in [1.54, 1.807) is 7.11 Å². The Morgan fingerprint density at radius 3 is 2.09 bits per heavy atom. The van der Waals surface area contributed by atoms with Crippen molar-refractivity contribution in [2.24, 2.45) is 0 Å². The molecule has 32 heavy (non-hydrogen) atoms. The Hall–Kier alpha value is -3.86. The fraction of sp³-hybridized carbons (Fsp3) is 0.185. The third kappa shape index (κ3) is 3.56. The molecule has 1 saturated heterocycles. The van der Waals surface area contributed by atoms with Gasteiger partial charge in [0.2, 0.25) is 0 Å². The number of allylic oxidation sites excluding steroid dienone is 2. The predicted octanol–water partition coefficient (Wildman–Crippen LogP) is 5.65. The molecule has 0 atom stereocenters. The summed E-state index contributed by atoms with van der Waals surface area (Å²) in [6, 6.07) is 20.0. The average Bonchev–Trinajstić information content (AvgIpc) is 3.29. The van der Waals surface area contributed by atoms with E-state index in [0.717, 1.165) is 45.1 Å². The first kappa shape index (κ1) is 21.4. The van der Waals surface area contributed by atoms with Crippen LogP contribution in [-0.4, -0.2) is 23.6 Å². The lowest BCUT2D eigenvalue weighted by molar-refractivity contribution is -0.149. The average molecular weight is 428 g/mol. The SMILES string of the molecule is COc1ccc(-n2c(-c3ccccc3)cc(/C(C)=C3\C(=O)OC(=O)C3=C(C)C)c2C)cc1. The van der Waals surface area contributed by atoms with Gasteiger partial charge in [-0.05, 0) is 74.7 Å². The zero-order valence-electron chi connectivity index (χ0n) is 18.9. The summed E-state index contributed by atoms with van der Waals surface area (Å²) in [6.45, 7) is 7.51. The maximum atomic E-state index is 12.6. The Balaban J connectivity index is 1.99. The number of ether oxygens (including phenoxy) is 2. The van der Waals surface area contributed by atoms with Crippen LogP contribution in [0.4, 0.5) is 0 Å². The number of cyclic esters (lactones) is 2. The fourth-order valence-electron chi connectivity index (χ4n) is 4.19. The van der Waals surface area contributed by atoms with Crippen LogP contribution < -0.4 is 4.74 Å². The molecule has 0 bridgehead atoms. The molecule has 0 aliphatic carbocycles. The number of hydrogen-bond donors (Lipinski definition) is 0. The number of hydrogen-bond acceptors (Lipinski definition) is 4. The molecule has 0 unspecified atom stereocenters. The molecule has 0 radical (unpaired) electrons. The minimum atomic E-state index is -0.596. The van der Waals surface area contributed by atoms with Crippen molar-refractivity contribution in [1.82, 2.24) is 4.57 Å². The molecule has 0 saturated carbocycles. The fourth-order valence-corrected chi connectivity index (χ4v) is 4.19. The van der Waals surface area contributed by atoms with E-state index in [-0.39, 0.29) is 0 Å². The van der Waals surface area contributed by atoms with Crippen LogP contribution in [0.15, 0.2) is 77.4 Å². The molecule has 4 rings (SSSR count). The summed E-state index contributed by atoms with van der Waals surface area (Å²) in [5, 5.41) is 0. The third-order valence-corrected chi connectivity index (χ3v) is 5.77. The summed E-state index contributed by atoms with van der Waals surface area (Å²) in [5.41, 5.74) is 7.01. The van der Waals surface area contributed by atoms with Crippen molar-refractivity contribution in [3.05, 3.63) is 88.6 Å². The van der Waals surface area contributed by atoms with Gasteiger partial charge in [0.15, 0.2) is 0 Å². The van der Waals surface area contributed by atoms with E-state index in [1.807, 2.05) is 70.2 Å². The van der Waals surface area contributed by atoms with Crippen molar-refractivity contribution in [2.75, 3.05) is 7.11 Å². The highest BCUT2D eigenvalue weighted by molar-refractivity contribution is 6.22. The van der Waals surface area contributed by atoms with Crippen LogP contribution in [0.25, 0.3) is 22.5 Å². The van der Waals surface area contributed by atoms with Crippen molar-refractivity contribution in [3.8, 4) is 22.7 Å². The second-order valence-electron chi connectivity index (χ2n) is 7.98. The number of carbonyl (C=O) groups is 2. The van der Waals surface area contributed by atoms with Crippen LogP contribution in [0.5, 0.6) is 5.75 Å².